The first-order valence-electron chi connectivity index (χ1n) is 10.1. The fourth-order valence-corrected chi connectivity index (χ4v) is 3.57. The van der Waals surface area contributed by atoms with Crippen molar-refractivity contribution in [1.82, 2.24) is 19.9 Å². The highest BCUT2D eigenvalue weighted by atomic mass is 15.5. The summed E-state index contributed by atoms with van der Waals surface area (Å²) in [5.41, 5.74) is 2.12. The number of fused-ring (bicyclic) bond motifs is 1. The second-order valence-corrected chi connectivity index (χ2v) is 7.75. The molecule has 1 heterocycles. The van der Waals surface area contributed by atoms with E-state index in [4.69, 9.17) is 0 Å². The Morgan fingerprint density at radius 3 is 2.16 bits per heavy atom. The summed E-state index contributed by atoms with van der Waals surface area (Å²) in [6.07, 6.45) is 7.85. The van der Waals surface area contributed by atoms with Crippen LogP contribution in [-0.4, -0.2) is 33.0 Å². The van der Waals surface area contributed by atoms with Crippen molar-refractivity contribution in [2.45, 2.75) is 72.9 Å². The van der Waals surface area contributed by atoms with Crippen molar-refractivity contribution in [2.24, 2.45) is 11.8 Å². The number of aromatic nitrogens is 3. The lowest BCUT2D eigenvalue weighted by atomic mass is 10.0. The van der Waals surface area contributed by atoms with E-state index in [2.05, 4.69) is 59.7 Å². The lowest BCUT2D eigenvalue weighted by molar-refractivity contribution is 0.152. The van der Waals surface area contributed by atoms with Gasteiger partial charge in [-0.15, -0.1) is 5.10 Å². The molecule has 4 nitrogen and oxygen atoms in total. The minimum absolute atomic E-state index is 0.730. The highest BCUT2D eigenvalue weighted by Gasteiger charge is 2.16. The number of para-hydroxylation sites is 1. The van der Waals surface area contributed by atoms with Gasteiger partial charge in [0, 0.05) is 13.1 Å². The molecule has 0 fully saturated rings. The molecule has 0 saturated heterocycles. The predicted octanol–water partition coefficient (Wildman–Crippen LogP) is 5.34. The Morgan fingerprint density at radius 1 is 0.960 bits per heavy atom. The maximum atomic E-state index is 4.40. The summed E-state index contributed by atoms with van der Waals surface area (Å²) in [5.74, 6) is 1.46. The maximum absolute atomic E-state index is 4.40. The molecule has 2 unspecified atom stereocenters. The summed E-state index contributed by atoms with van der Waals surface area (Å²) in [6, 6.07) is 8.25. The Labute approximate surface area is 153 Å². The first-order chi connectivity index (χ1) is 12.1. The number of hydrogen-bond donors (Lipinski definition) is 0. The van der Waals surface area contributed by atoms with Crippen molar-refractivity contribution in [2.75, 3.05) is 13.1 Å². The minimum atomic E-state index is 0.730. The summed E-state index contributed by atoms with van der Waals surface area (Å²) in [7, 11) is 0. The Balaban J connectivity index is 2.04. The molecule has 1 aromatic carbocycles. The third kappa shape index (κ3) is 6.43. The highest BCUT2D eigenvalue weighted by Crippen LogP contribution is 2.17. The zero-order chi connectivity index (χ0) is 18.1. The molecule has 0 aliphatic heterocycles. The third-order valence-electron chi connectivity index (χ3n) is 4.99. The predicted molar refractivity (Wildman–Crippen MR) is 106 cm³/mol. The first kappa shape index (κ1) is 19.9. The van der Waals surface area contributed by atoms with Gasteiger partial charge in [-0.1, -0.05) is 70.7 Å². The normalized spacial score (nSPS) is 14.3. The van der Waals surface area contributed by atoms with Gasteiger partial charge in [-0.25, -0.2) is 4.68 Å². The van der Waals surface area contributed by atoms with Crippen molar-refractivity contribution in [3.63, 3.8) is 0 Å². The van der Waals surface area contributed by atoms with Crippen molar-refractivity contribution in [1.29, 1.82) is 0 Å². The van der Waals surface area contributed by atoms with Crippen molar-refractivity contribution >= 4 is 11.0 Å². The second-order valence-electron chi connectivity index (χ2n) is 7.75. The van der Waals surface area contributed by atoms with Crippen LogP contribution in [0, 0.1) is 11.8 Å². The van der Waals surface area contributed by atoms with Gasteiger partial charge in [0.2, 0.25) is 0 Å². The van der Waals surface area contributed by atoms with Gasteiger partial charge in [0.15, 0.2) is 0 Å². The van der Waals surface area contributed by atoms with E-state index in [1.165, 1.54) is 38.5 Å². The van der Waals surface area contributed by atoms with Crippen LogP contribution in [-0.2, 0) is 6.67 Å². The number of hydrogen-bond acceptors (Lipinski definition) is 3. The number of nitrogens with zero attached hydrogens (tertiary/aromatic N) is 4. The monoisotopic (exact) mass is 344 g/mol. The zero-order valence-corrected chi connectivity index (χ0v) is 16.6. The SMILES string of the molecule is CCCCC(C)CN(CC(C)CCCC)Cn1nnc2ccccc21. The Hall–Kier alpha value is -1.42. The zero-order valence-electron chi connectivity index (χ0n) is 16.6. The molecule has 0 radical (unpaired) electrons. The van der Waals surface area contributed by atoms with Crippen LogP contribution < -0.4 is 0 Å². The van der Waals surface area contributed by atoms with E-state index in [1.54, 1.807) is 0 Å². The molecule has 2 rings (SSSR count). The standard InChI is InChI=1S/C21H36N4/c1-5-7-11-18(3)15-24(16-19(4)12-8-6-2)17-25-21-14-10-9-13-20(21)22-23-25/h9-10,13-14,18-19H,5-8,11-12,15-17H2,1-4H3. The van der Waals surface area contributed by atoms with E-state index in [-0.39, 0.29) is 0 Å². The Kier molecular flexibility index (Phi) is 8.39. The van der Waals surface area contributed by atoms with E-state index in [1.807, 2.05) is 12.1 Å². The van der Waals surface area contributed by atoms with Crippen LogP contribution >= 0.6 is 0 Å². The third-order valence-corrected chi connectivity index (χ3v) is 4.99. The van der Waals surface area contributed by atoms with E-state index in [0.29, 0.717) is 0 Å². The molecule has 25 heavy (non-hydrogen) atoms. The van der Waals surface area contributed by atoms with Crippen LogP contribution in [0.15, 0.2) is 24.3 Å². The number of rotatable bonds is 12. The van der Waals surface area contributed by atoms with Gasteiger partial charge in [0.05, 0.1) is 12.2 Å². The molecule has 140 valence electrons. The maximum Gasteiger partial charge on any atom is 0.113 e. The molecule has 2 atom stereocenters. The van der Waals surface area contributed by atoms with Gasteiger partial charge < -0.3 is 0 Å². The average Bonchev–Trinajstić information content (AvgIpc) is 3.01. The van der Waals surface area contributed by atoms with Gasteiger partial charge >= 0.3 is 0 Å². The molecule has 0 amide bonds. The molecule has 0 spiro atoms. The van der Waals surface area contributed by atoms with Crippen LogP contribution in [0.3, 0.4) is 0 Å². The molecular formula is C21H36N4. The molecule has 1 aromatic heterocycles. The number of unbranched alkanes of at least 4 members (excludes halogenated alkanes) is 2. The summed E-state index contributed by atoms with van der Waals surface area (Å²) in [4.78, 5) is 2.59. The molecule has 0 aliphatic carbocycles. The van der Waals surface area contributed by atoms with E-state index in [0.717, 1.165) is 42.6 Å². The lowest BCUT2D eigenvalue weighted by Gasteiger charge is -2.28. The van der Waals surface area contributed by atoms with Crippen LogP contribution in [0.25, 0.3) is 11.0 Å². The quantitative estimate of drug-likeness (QED) is 0.521. The van der Waals surface area contributed by atoms with Gasteiger partial charge in [0.25, 0.3) is 0 Å². The summed E-state index contributed by atoms with van der Waals surface area (Å²) < 4.78 is 2.06. The Bertz CT molecular complexity index is 591. The van der Waals surface area contributed by atoms with Gasteiger partial charge in [-0.2, -0.15) is 0 Å². The summed E-state index contributed by atoms with van der Waals surface area (Å²) in [6.45, 7) is 12.5. The van der Waals surface area contributed by atoms with Gasteiger partial charge in [-0.05, 0) is 36.8 Å². The van der Waals surface area contributed by atoms with E-state index in [9.17, 15) is 0 Å². The fourth-order valence-electron chi connectivity index (χ4n) is 3.57. The van der Waals surface area contributed by atoms with Crippen molar-refractivity contribution < 1.29 is 0 Å². The topological polar surface area (TPSA) is 34.0 Å². The van der Waals surface area contributed by atoms with Crippen LogP contribution in [0.5, 0.6) is 0 Å². The molecule has 4 heteroatoms. The largest absolute Gasteiger partial charge is 0.284 e. The summed E-state index contributed by atoms with van der Waals surface area (Å²) in [5, 5.41) is 8.71. The molecule has 0 saturated carbocycles. The molecule has 0 N–H and O–H groups in total. The second kappa shape index (κ2) is 10.5. The van der Waals surface area contributed by atoms with Crippen LogP contribution in [0.4, 0.5) is 0 Å². The van der Waals surface area contributed by atoms with E-state index >= 15 is 0 Å². The Morgan fingerprint density at radius 2 is 1.56 bits per heavy atom. The van der Waals surface area contributed by atoms with Gasteiger partial charge in [-0.3, -0.25) is 4.90 Å². The average molecular weight is 345 g/mol. The van der Waals surface area contributed by atoms with Crippen LogP contribution in [0.2, 0.25) is 0 Å². The minimum Gasteiger partial charge on any atom is -0.284 e. The smallest absolute Gasteiger partial charge is 0.113 e. The fraction of sp³-hybridized carbons (Fsp3) is 0.714. The van der Waals surface area contributed by atoms with Crippen molar-refractivity contribution in [3.8, 4) is 0 Å². The molecule has 0 bridgehead atoms. The molecule has 0 aliphatic rings. The van der Waals surface area contributed by atoms with E-state index < -0.39 is 0 Å². The first-order valence-corrected chi connectivity index (χ1v) is 10.1. The molecule has 2 aromatic rings. The van der Waals surface area contributed by atoms with Gasteiger partial charge in [0.1, 0.15) is 5.52 Å². The lowest BCUT2D eigenvalue weighted by Crippen LogP contribution is -2.34. The van der Waals surface area contributed by atoms with Crippen LogP contribution in [0.1, 0.15) is 66.2 Å². The number of benzene rings is 1. The molecular weight excluding hydrogens is 308 g/mol. The summed E-state index contributed by atoms with van der Waals surface area (Å²) >= 11 is 0. The van der Waals surface area contributed by atoms with Crippen molar-refractivity contribution in [3.05, 3.63) is 24.3 Å². The highest BCUT2D eigenvalue weighted by molar-refractivity contribution is 5.73.